The lowest BCUT2D eigenvalue weighted by atomic mass is 10.0. The highest BCUT2D eigenvalue weighted by molar-refractivity contribution is 5.69. The Morgan fingerprint density at radius 1 is 1.03 bits per heavy atom. The Balaban J connectivity index is 1.23. The standard InChI is InChI=1S/C20H26N8O/c1-15-14-17-19(21-6-9-28(17)25-15)26-7-3-16(4-8-26)23-18-2-5-22-20(24-18)27-10-12-29-13-11-27/h2,5-6,9,14,16H,3-4,7-8,10-13H2,1H3,(H,22,23,24). The maximum absolute atomic E-state index is 5.42. The number of aromatic nitrogens is 5. The molecule has 2 saturated heterocycles. The number of aryl methyl sites for hydroxylation is 1. The summed E-state index contributed by atoms with van der Waals surface area (Å²) in [5.74, 6) is 2.69. The summed E-state index contributed by atoms with van der Waals surface area (Å²) in [6.07, 6.45) is 7.63. The van der Waals surface area contributed by atoms with E-state index < -0.39 is 0 Å². The molecule has 2 aliphatic rings. The van der Waals surface area contributed by atoms with E-state index in [2.05, 4.69) is 36.2 Å². The minimum atomic E-state index is 0.394. The predicted octanol–water partition coefficient (Wildman–Crippen LogP) is 1.75. The number of fused-ring (bicyclic) bond motifs is 1. The lowest BCUT2D eigenvalue weighted by Crippen LogP contribution is -2.40. The second-order valence-corrected chi connectivity index (χ2v) is 7.61. The minimum absolute atomic E-state index is 0.394. The summed E-state index contributed by atoms with van der Waals surface area (Å²) in [6.45, 7) is 7.07. The van der Waals surface area contributed by atoms with Gasteiger partial charge in [-0.05, 0) is 31.9 Å². The highest BCUT2D eigenvalue weighted by Crippen LogP contribution is 2.24. The van der Waals surface area contributed by atoms with Crippen LogP contribution < -0.4 is 15.1 Å². The van der Waals surface area contributed by atoms with Crippen molar-refractivity contribution in [3.8, 4) is 0 Å². The van der Waals surface area contributed by atoms with E-state index >= 15 is 0 Å². The zero-order valence-corrected chi connectivity index (χ0v) is 16.7. The van der Waals surface area contributed by atoms with E-state index in [0.29, 0.717) is 6.04 Å². The average molecular weight is 394 g/mol. The van der Waals surface area contributed by atoms with Crippen LogP contribution in [0.25, 0.3) is 5.52 Å². The maximum Gasteiger partial charge on any atom is 0.227 e. The number of hydrogen-bond donors (Lipinski definition) is 1. The molecule has 2 fully saturated rings. The first-order valence-corrected chi connectivity index (χ1v) is 10.2. The lowest BCUT2D eigenvalue weighted by Gasteiger charge is -2.33. The van der Waals surface area contributed by atoms with Gasteiger partial charge in [-0.2, -0.15) is 10.1 Å². The van der Waals surface area contributed by atoms with E-state index in [-0.39, 0.29) is 0 Å². The van der Waals surface area contributed by atoms with E-state index in [1.54, 1.807) is 0 Å². The van der Waals surface area contributed by atoms with Crippen molar-refractivity contribution in [3.63, 3.8) is 0 Å². The van der Waals surface area contributed by atoms with Crippen LogP contribution in [0.5, 0.6) is 0 Å². The van der Waals surface area contributed by atoms with Crippen molar-refractivity contribution in [2.45, 2.75) is 25.8 Å². The first-order valence-electron chi connectivity index (χ1n) is 10.2. The fourth-order valence-electron chi connectivity index (χ4n) is 4.06. The molecular weight excluding hydrogens is 368 g/mol. The van der Waals surface area contributed by atoms with Gasteiger partial charge in [0.05, 0.1) is 18.9 Å². The van der Waals surface area contributed by atoms with E-state index in [0.717, 1.165) is 81.0 Å². The lowest BCUT2D eigenvalue weighted by molar-refractivity contribution is 0.122. The van der Waals surface area contributed by atoms with Gasteiger partial charge < -0.3 is 19.9 Å². The molecule has 2 aliphatic heterocycles. The van der Waals surface area contributed by atoms with Gasteiger partial charge in [0.15, 0.2) is 5.82 Å². The third-order valence-corrected chi connectivity index (χ3v) is 5.57. The van der Waals surface area contributed by atoms with Crippen LogP contribution in [-0.2, 0) is 4.74 Å². The number of anilines is 3. The average Bonchev–Trinajstić information content (AvgIpc) is 3.15. The van der Waals surface area contributed by atoms with Crippen LogP contribution in [0, 0.1) is 6.92 Å². The number of ether oxygens (including phenoxy) is 1. The first kappa shape index (κ1) is 18.1. The Hall–Kier alpha value is -2.94. The molecule has 9 nitrogen and oxygen atoms in total. The second kappa shape index (κ2) is 7.82. The van der Waals surface area contributed by atoms with E-state index in [9.17, 15) is 0 Å². The molecule has 0 aromatic carbocycles. The number of nitrogens with zero attached hydrogens (tertiary/aromatic N) is 7. The highest BCUT2D eigenvalue weighted by atomic mass is 16.5. The molecule has 1 N–H and O–H groups in total. The Bertz CT molecular complexity index is 976. The first-order chi connectivity index (χ1) is 14.3. The molecule has 0 bridgehead atoms. The molecule has 0 saturated carbocycles. The van der Waals surface area contributed by atoms with E-state index in [4.69, 9.17) is 9.72 Å². The molecule has 0 unspecified atom stereocenters. The molecular formula is C20H26N8O. The van der Waals surface area contributed by atoms with Gasteiger partial charge in [-0.1, -0.05) is 0 Å². The molecule has 5 heterocycles. The number of rotatable bonds is 4. The van der Waals surface area contributed by atoms with Crippen molar-refractivity contribution in [2.24, 2.45) is 0 Å². The van der Waals surface area contributed by atoms with Crippen LogP contribution in [0.3, 0.4) is 0 Å². The molecule has 0 radical (unpaired) electrons. The van der Waals surface area contributed by atoms with Gasteiger partial charge in [-0.3, -0.25) is 0 Å². The number of morpholine rings is 1. The maximum atomic E-state index is 5.42. The van der Waals surface area contributed by atoms with Crippen molar-refractivity contribution >= 4 is 23.1 Å². The van der Waals surface area contributed by atoms with Gasteiger partial charge in [-0.15, -0.1) is 0 Å². The van der Waals surface area contributed by atoms with Crippen LogP contribution in [0.1, 0.15) is 18.5 Å². The molecule has 9 heteroatoms. The highest BCUT2D eigenvalue weighted by Gasteiger charge is 2.23. The van der Waals surface area contributed by atoms with Gasteiger partial charge in [0, 0.05) is 50.8 Å². The summed E-state index contributed by atoms with van der Waals surface area (Å²) >= 11 is 0. The largest absolute Gasteiger partial charge is 0.378 e. The summed E-state index contributed by atoms with van der Waals surface area (Å²) < 4.78 is 7.33. The molecule has 29 heavy (non-hydrogen) atoms. The summed E-state index contributed by atoms with van der Waals surface area (Å²) in [4.78, 5) is 18.3. The fraction of sp³-hybridized carbons (Fsp3) is 0.500. The Morgan fingerprint density at radius 3 is 2.69 bits per heavy atom. The van der Waals surface area contributed by atoms with E-state index in [1.165, 1.54) is 0 Å². The molecule has 152 valence electrons. The van der Waals surface area contributed by atoms with Gasteiger partial charge >= 0.3 is 0 Å². The topological polar surface area (TPSA) is 83.7 Å². The summed E-state index contributed by atoms with van der Waals surface area (Å²) in [6, 6.07) is 4.44. The molecule has 0 spiro atoms. The Labute approximate surface area is 169 Å². The molecule has 5 rings (SSSR count). The van der Waals surface area contributed by atoms with Crippen molar-refractivity contribution in [1.29, 1.82) is 0 Å². The van der Waals surface area contributed by atoms with Crippen LogP contribution in [0.4, 0.5) is 17.6 Å². The molecule has 0 atom stereocenters. The van der Waals surface area contributed by atoms with Gasteiger partial charge in [0.25, 0.3) is 0 Å². The third kappa shape index (κ3) is 3.82. The molecule has 0 aliphatic carbocycles. The Kier molecular flexibility index (Phi) is 4.89. The van der Waals surface area contributed by atoms with Crippen LogP contribution in [0.15, 0.2) is 30.7 Å². The van der Waals surface area contributed by atoms with Gasteiger partial charge in [0.1, 0.15) is 11.3 Å². The third-order valence-electron chi connectivity index (χ3n) is 5.57. The molecule has 0 amide bonds. The number of hydrogen-bond acceptors (Lipinski definition) is 8. The van der Waals surface area contributed by atoms with Crippen molar-refractivity contribution < 1.29 is 4.74 Å². The zero-order chi connectivity index (χ0) is 19.6. The predicted molar refractivity (Wildman–Crippen MR) is 112 cm³/mol. The van der Waals surface area contributed by atoms with Gasteiger partial charge in [-0.25, -0.2) is 14.5 Å². The number of piperidine rings is 1. The van der Waals surface area contributed by atoms with Crippen molar-refractivity contribution in [3.05, 3.63) is 36.4 Å². The molecule has 3 aromatic heterocycles. The normalized spacial score (nSPS) is 18.4. The van der Waals surface area contributed by atoms with Crippen LogP contribution >= 0.6 is 0 Å². The fourth-order valence-corrected chi connectivity index (χ4v) is 4.06. The monoisotopic (exact) mass is 394 g/mol. The number of nitrogens with one attached hydrogen (secondary N) is 1. The van der Waals surface area contributed by atoms with Gasteiger partial charge in [0.2, 0.25) is 5.95 Å². The summed E-state index contributed by atoms with van der Waals surface area (Å²) in [7, 11) is 0. The van der Waals surface area contributed by atoms with Crippen molar-refractivity contribution in [2.75, 3.05) is 54.5 Å². The molecule has 3 aromatic rings. The van der Waals surface area contributed by atoms with Crippen molar-refractivity contribution in [1.82, 2.24) is 24.6 Å². The second-order valence-electron chi connectivity index (χ2n) is 7.61. The quantitative estimate of drug-likeness (QED) is 0.717. The summed E-state index contributed by atoms with van der Waals surface area (Å²) in [5, 5.41) is 8.10. The Morgan fingerprint density at radius 2 is 1.86 bits per heavy atom. The SMILES string of the molecule is Cc1cc2c(N3CCC(Nc4ccnc(N5CCOCC5)n4)CC3)nccn2n1. The van der Waals surface area contributed by atoms with Crippen LogP contribution in [0.2, 0.25) is 0 Å². The summed E-state index contributed by atoms with van der Waals surface area (Å²) in [5.41, 5.74) is 2.08. The van der Waals surface area contributed by atoms with Crippen LogP contribution in [-0.4, -0.2) is 70.0 Å². The minimum Gasteiger partial charge on any atom is -0.378 e. The zero-order valence-electron chi connectivity index (χ0n) is 16.7. The van der Waals surface area contributed by atoms with E-state index in [1.807, 2.05) is 36.1 Å². The smallest absolute Gasteiger partial charge is 0.227 e.